The lowest BCUT2D eigenvalue weighted by atomic mass is 10.1. The molecule has 1 fully saturated rings. The molecule has 0 unspecified atom stereocenters. The molecule has 1 aliphatic heterocycles. The molecule has 1 aliphatic rings. The molecule has 2 aromatic rings. The van der Waals surface area contributed by atoms with Crippen molar-refractivity contribution in [3.8, 4) is 11.5 Å². The third kappa shape index (κ3) is 5.20. The van der Waals surface area contributed by atoms with Crippen molar-refractivity contribution in [3.63, 3.8) is 0 Å². The van der Waals surface area contributed by atoms with Crippen LogP contribution in [0.1, 0.15) is 29.3 Å². The van der Waals surface area contributed by atoms with E-state index in [4.69, 9.17) is 32.7 Å². The number of nitrogens with zero attached hydrogens (tertiary/aromatic N) is 1. The molecule has 162 valence electrons. The molecule has 0 aromatic heterocycles. The molecule has 1 saturated heterocycles. The van der Waals surface area contributed by atoms with Crippen LogP contribution in [0.25, 0.3) is 0 Å². The van der Waals surface area contributed by atoms with Gasteiger partial charge in [0, 0.05) is 18.2 Å². The average molecular weight is 472 g/mol. The van der Waals surface area contributed by atoms with Crippen LogP contribution in [0.2, 0.25) is 10.0 Å². The summed E-state index contributed by atoms with van der Waals surface area (Å²) in [5, 5.41) is 0.465. The van der Waals surface area contributed by atoms with E-state index in [1.54, 1.807) is 24.1 Å². The molecule has 0 bridgehead atoms. The van der Waals surface area contributed by atoms with Crippen molar-refractivity contribution < 1.29 is 22.7 Å². The molecule has 1 heterocycles. The first-order valence-corrected chi connectivity index (χ1v) is 12.1. The third-order valence-electron chi connectivity index (χ3n) is 4.96. The highest BCUT2D eigenvalue weighted by Gasteiger charge is 2.35. The van der Waals surface area contributed by atoms with Crippen molar-refractivity contribution in [2.45, 2.75) is 25.9 Å². The number of ether oxygens (including phenoxy) is 2. The fraction of sp³-hybridized carbons (Fsp3) is 0.381. The van der Waals surface area contributed by atoms with Crippen LogP contribution in [-0.4, -0.2) is 50.5 Å². The highest BCUT2D eigenvalue weighted by Crippen LogP contribution is 2.35. The van der Waals surface area contributed by atoms with Crippen LogP contribution < -0.4 is 9.47 Å². The van der Waals surface area contributed by atoms with Crippen LogP contribution in [0, 0.1) is 0 Å². The van der Waals surface area contributed by atoms with Crippen LogP contribution in [0.5, 0.6) is 11.5 Å². The molecule has 9 heteroatoms. The zero-order valence-electron chi connectivity index (χ0n) is 16.7. The Kier molecular flexibility index (Phi) is 7.16. The first-order valence-electron chi connectivity index (χ1n) is 9.50. The van der Waals surface area contributed by atoms with E-state index in [2.05, 4.69) is 0 Å². The van der Waals surface area contributed by atoms with E-state index in [0.29, 0.717) is 24.5 Å². The lowest BCUT2D eigenvalue weighted by Crippen LogP contribution is -2.40. The Morgan fingerprint density at radius 1 is 1.17 bits per heavy atom. The number of rotatable bonds is 7. The minimum Gasteiger partial charge on any atom is -0.497 e. The number of benzene rings is 2. The van der Waals surface area contributed by atoms with Crippen molar-refractivity contribution in [3.05, 3.63) is 57.6 Å². The van der Waals surface area contributed by atoms with Gasteiger partial charge in [0.2, 0.25) is 0 Å². The molecule has 3 rings (SSSR count). The van der Waals surface area contributed by atoms with Crippen molar-refractivity contribution in [1.29, 1.82) is 0 Å². The van der Waals surface area contributed by atoms with Gasteiger partial charge in [-0.15, -0.1) is 0 Å². The van der Waals surface area contributed by atoms with Crippen LogP contribution in [0.4, 0.5) is 0 Å². The van der Waals surface area contributed by atoms with Gasteiger partial charge in [0.15, 0.2) is 15.6 Å². The number of sulfone groups is 1. The molecular formula is C21H23Cl2NO5S. The number of halogens is 2. The Balaban J connectivity index is 1.93. The summed E-state index contributed by atoms with van der Waals surface area (Å²) >= 11 is 12.5. The molecule has 30 heavy (non-hydrogen) atoms. The first-order chi connectivity index (χ1) is 14.2. The largest absolute Gasteiger partial charge is 0.497 e. The van der Waals surface area contributed by atoms with Crippen LogP contribution in [0.15, 0.2) is 36.4 Å². The van der Waals surface area contributed by atoms with Gasteiger partial charge in [-0.05, 0) is 43.2 Å². The van der Waals surface area contributed by atoms with Crippen molar-refractivity contribution >= 4 is 38.9 Å². The second kappa shape index (κ2) is 9.45. The summed E-state index contributed by atoms with van der Waals surface area (Å²) in [6, 6.07) is 9.88. The normalized spacial score (nSPS) is 17.5. The van der Waals surface area contributed by atoms with E-state index >= 15 is 0 Å². The molecule has 0 spiro atoms. The van der Waals surface area contributed by atoms with Crippen molar-refractivity contribution in [2.75, 3.05) is 25.2 Å². The number of amides is 1. The molecule has 0 N–H and O–H groups in total. The van der Waals surface area contributed by atoms with Gasteiger partial charge >= 0.3 is 0 Å². The molecule has 0 radical (unpaired) electrons. The maximum Gasteiger partial charge on any atom is 0.254 e. The fourth-order valence-electron chi connectivity index (χ4n) is 3.45. The Morgan fingerprint density at radius 2 is 1.80 bits per heavy atom. The highest BCUT2D eigenvalue weighted by molar-refractivity contribution is 7.91. The van der Waals surface area contributed by atoms with Crippen molar-refractivity contribution in [1.82, 2.24) is 4.90 Å². The summed E-state index contributed by atoms with van der Waals surface area (Å²) in [6.45, 7) is 2.45. The quantitative estimate of drug-likeness (QED) is 0.603. The average Bonchev–Trinajstić information content (AvgIpc) is 3.08. The summed E-state index contributed by atoms with van der Waals surface area (Å²) in [4.78, 5) is 15.0. The summed E-state index contributed by atoms with van der Waals surface area (Å²) in [7, 11) is -1.60. The van der Waals surface area contributed by atoms with E-state index in [1.165, 1.54) is 12.1 Å². The predicted molar refractivity (Wildman–Crippen MR) is 118 cm³/mol. The van der Waals surface area contributed by atoms with Gasteiger partial charge in [0.1, 0.15) is 5.75 Å². The van der Waals surface area contributed by atoms with Gasteiger partial charge in [0.25, 0.3) is 5.91 Å². The van der Waals surface area contributed by atoms with Crippen LogP contribution in [0.3, 0.4) is 0 Å². The zero-order valence-corrected chi connectivity index (χ0v) is 19.1. The first kappa shape index (κ1) is 22.7. The zero-order chi connectivity index (χ0) is 21.9. The molecule has 6 nitrogen and oxygen atoms in total. The molecule has 1 atom stereocenters. The van der Waals surface area contributed by atoms with Gasteiger partial charge in [-0.2, -0.15) is 0 Å². The van der Waals surface area contributed by atoms with Gasteiger partial charge in [-0.1, -0.05) is 35.3 Å². The van der Waals surface area contributed by atoms with E-state index in [9.17, 15) is 13.2 Å². The summed E-state index contributed by atoms with van der Waals surface area (Å²) in [5.41, 5.74) is 1.14. The van der Waals surface area contributed by atoms with E-state index in [1.807, 2.05) is 19.1 Å². The van der Waals surface area contributed by atoms with E-state index in [-0.39, 0.29) is 39.6 Å². The Bertz CT molecular complexity index is 1000. The van der Waals surface area contributed by atoms with Gasteiger partial charge in [-0.25, -0.2) is 8.42 Å². The maximum atomic E-state index is 13.4. The SMILES string of the molecule is CCOc1c(Cl)cc(C(=O)N(Cc2ccc(OC)cc2)[C@H]2CCS(=O)(=O)C2)cc1Cl. The lowest BCUT2D eigenvalue weighted by Gasteiger charge is -2.29. The second-order valence-electron chi connectivity index (χ2n) is 7.04. The number of carbonyl (C=O) groups excluding carboxylic acids is 1. The summed E-state index contributed by atoms with van der Waals surface area (Å²) in [6.07, 6.45) is 0.392. The Morgan fingerprint density at radius 3 is 2.30 bits per heavy atom. The van der Waals surface area contributed by atoms with Crippen molar-refractivity contribution in [2.24, 2.45) is 0 Å². The molecular weight excluding hydrogens is 449 g/mol. The number of methoxy groups -OCH3 is 1. The highest BCUT2D eigenvalue weighted by atomic mass is 35.5. The third-order valence-corrected chi connectivity index (χ3v) is 7.27. The fourth-order valence-corrected chi connectivity index (χ4v) is 5.77. The van der Waals surface area contributed by atoms with Crippen LogP contribution >= 0.6 is 23.2 Å². The lowest BCUT2D eigenvalue weighted by molar-refractivity contribution is 0.0681. The number of carbonyl (C=O) groups is 1. The smallest absolute Gasteiger partial charge is 0.254 e. The van der Waals surface area contributed by atoms with E-state index < -0.39 is 15.9 Å². The minimum absolute atomic E-state index is 0.0621. The molecule has 0 aliphatic carbocycles. The summed E-state index contributed by atoms with van der Waals surface area (Å²) < 4.78 is 34.7. The standard InChI is InChI=1S/C21H23Cl2NO5S/c1-3-29-20-18(22)10-15(11-19(20)23)21(25)24(16-8-9-30(26,27)13-16)12-14-4-6-17(28-2)7-5-14/h4-7,10-11,16H,3,8-9,12-13H2,1-2H3/t16-/m0/s1. The maximum absolute atomic E-state index is 13.4. The Labute approximate surface area is 186 Å². The van der Waals surface area contributed by atoms with Gasteiger partial charge in [-0.3, -0.25) is 4.79 Å². The molecule has 1 amide bonds. The topological polar surface area (TPSA) is 72.9 Å². The second-order valence-corrected chi connectivity index (χ2v) is 10.1. The molecule has 2 aromatic carbocycles. The predicted octanol–water partition coefficient (Wildman–Crippen LogP) is 4.23. The van der Waals surface area contributed by atoms with Gasteiger partial charge in [0.05, 0.1) is 35.3 Å². The monoisotopic (exact) mass is 471 g/mol. The van der Waals surface area contributed by atoms with Crippen LogP contribution in [-0.2, 0) is 16.4 Å². The summed E-state index contributed by atoms with van der Waals surface area (Å²) in [5.74, 6) is 0.690. The van der Waals surface area contributed by atoms with Gasteiger partial charge < -0.3 is 14.4 Å². The minimum atomic E-state index is -3.18. The van der Waals surface area contributed by atoms with E-state index in [0.717, 1.165) is 5.56 Å². The Hall–Kier alpha value is -1.96. The number of hydrogen-bond acceptors (Lipinski definition) is 5. The molecule has 0 saturated carbocycles. The number of hydrogen-bond donors (Lipinski definition) is 0.